The maximum absolute atomic E-state index is 5.76. The third-order valence-electron chi connectivity index (χ3n) is 2.51. The predicted molar refractivity (Wildman–Crippen MR) is 70.4 cm³/mol. The van der Waals surface area contributed by atoms with Gasteiger partial charge in [0.25, 0.3) is 0 Å². The predicted octanol–water partition coefficient (Wildman–Crippen LogP) is 2.99. The fourth-order valence-corrected chi connectivity index (χ4v) is 1.62. The van der Waals surface area contributed by atoms with E-state index in [0.29, 0.717) is 13.2 Å². The Bertz CT molecular complexity index is 408. The van der Waals surface area contributed by atoms with Crippen molar-refractivity contribution >= 4 is 0 Å². The molecule has 1 rings (SSSR count). The van der Waals surface area contributed by atoms with Crippen LogP contribution in [0.1, 0.15) is 31.9 Å². The second-order valence-electron chi connectivity index (χ2n) is 4.92. The van der Waals surface area contributed by atoms with Crippen LogP contribution in [0.15, 0.2) is 18.2 Å². The van der Waals surface area contributed by atoms with Gasteiger partial charge in [-0.2, -0.15) is 0 Å². The van der Waals surface area contributed by atoms with Crippen molar-refractivity contribution in [2.24, 2.45) is 0 Å². The van der Waals surface area contributed by atoms with Gasteiger partial charge in [0, 0.05) is 12.7 Å². The number of para-hydroxylation sites is 1. The molecule has 0 unspecified atom stereocenters. The van der Waals surface area contributed by atoms with E-state index in [4.69, 9.17) is 15.9 Å². The van der Waals surface area contributed by atoms with Gasteiger partial charge in [0.05, 0.1) is 12.2 Å². The van der Waals surface area contributed by atoms with E-state index in [0.717, 1.165) is 16.9 Å². The Morgan fingerprint density at radius 1 is 1.24 bits per heavy atom. The Balaban J connectivity index is 3.09. The molecule has 1 aromatic rings. The molecule has 2 nitrogen and oxygen atoms in total. The molecule has 1 aromatic carbocycles. The number of hydrogen-bond donors (Lipinski definition) is 0. The molecule has 2 heteroatoms. The summed E-state index contributed by atoms with van der Waals surface area (Å²) in [5, 5.41) is 0. The van der Waals surface area contributed by atoms with E-state index in [9.17, 15) is 0 Å². The molecule has 0 spiro atoms. The zero-order valence-electron chi connectivity index (χ0n) is 11.0. The lowest BCUT2D eigenvalue weighted by Gasteiger charge is -2.23. The van der Waals surface area contributed by atoms with Crippen LogP contribution in [0.25, 0.3) is 0 Å². The lowest BCUT2D eigenvalue weighted by atomic mass is 9.85. The van der Waals surface area contributed by atoms with Gasteiger partial charge in [-0.15, -0.1) is 6.42 Å². The van der Waals surface area contributed by atoms with Crippen LogP contribution in [0, 0.1) is 12.3 Å². The summed E-state index contributed by atoms with van der Waals surface area (Å²) in [6.07, 6.45) is 5.51. The van der Waals surface area contributed by atoms with E-state index in [1.165, 1.54) is 0 Å². The highest BCUT2D eigenvalue weighted by atomic mass is 16.5. The van der Waals surface area contributed by atoms with E-state index in [-0.39, 0.29) is 5.41 Å². The molecule has 0 bridgehead atoms. The molecule has 0 aromatic heterocycles. The zero-order chi connectivity index (χ0) is 12.9. The van der Waals surface area contributed by atoms with E-state index in [1.807, 2.05) is 12.1 Å². The molecule has 0 radical (unpaired) electrons. The number of terminal acetylenes is 1. The van der Waals surface area contributed by atoms with Gasteiger partial charge in [-0.1, -0.05) is 38.8 Å². The number of methoxy groups -OCH3 is 1. The highest BCUT2D eigenvalue weighted by Gasteiger charge is 2.20. The van der Waals surface area contributed by atoms with Crippen molar-refractivity contribution in [2.75, 3.05) is 20.3 Å². The van der Waals surface area contributed by atoms with Crippen molar-refractivity contribution in [2.45, 2.75) is 26.2 Å². The number of ether oxygens (including phenoxy) is 2. The molecule has 0 N–H and O–H groups in total. The van der Waals surface area contributed by atoms with Crippen LogP contribution < -0.4 is 4.74 Å². The van der Waals surface area contributed by atoms with E-state index in [2.05, 4.69) is 32.8 Å². The van der Waals surface area contributed by atoms with Gasteiger partial charge >= 0.3 is 0 Å². The molecule has 0 heterocycles. The molecule has 0 aliphatic heterocycles. The SMILES string of the molecule is C#Cc1cccc(C(C)(C)C)c1OCCOC. The summed E-state index contributed by atoms with van der Waals surface area (Å²) in [6, 6.07) is 5.93. The van der Waals surface area contributed by atoms with Gasteiger partial charge in [-0.3, -0.25) is 0 Å². The molecule has 0 aliphatic rings. The van der Waals surface area contributed by atoms with Gasteiger partial charge < -0.3 is 9.47 Å². The summed E-state index contributed by atoms with van der Waals surface area (Å²) < 4.78 is 10.7. The molecule has 92 valence electrons. The summed E-state index contributed by atoms with van der Waals surface area (Å²) in [7, 11) is 1.65. The van der Waals surface area contributed by atoms with Crippen LogP contribution in [0.2, 0.25) is 0 Å². The van der Waals surface area contributed by atoms with Gasteiger partial charge in [0.2, 0.25) is 0 Å². The van der Waals surface area contributed by atoms with Crippen molar-refractivity contribution in [3.05, 3.63) is 29.3 Å². The minimum atomic E-state index is 0.00919. The smallest absolute Gasteiger partial charge is 0.138 e. The topological polar surface area (TPSA) is 18.5 Å². The Labute approximate surface area is 104 Å². The second-order valence-corrected chi connectivity index (χ2v) is 4.92. The first-order valence-electron chi connectivity index (χ1n) is 5.72. The largest absolute Gasteiger partial charge is 0.490 e. The molecule has 17 heavy (non-hydrogen) atoms. The molecule has 0 fully saturated rings. The first-order chi connectivity index (χ1) is 8.00. The number of rotatable bonds is 4. The molecule has 0 atom stereocenters. The van der Waals surface area contributed by atoms with Crippen LogP contribution in [0.4, 0.5) is 0 Å². The van der Waals surface area contributed by atoms with E-state index < -0.39 is 0 Å². The lowest BCUT2D eigenvalue weighted by molar-refractivity contribution is 0.145. The maximum Gasteiger partial charge on any atom is 0.138 e. The minimum Gasteiger partial charge on any atom is -0.490 e. The van der Waals surface area contributed by atoms with Gasteiger partial charge in [-0.25, -0.2) is 0 Å². The minimum absolute atomic E-state index is 0.00919. The molecule has 0 aliphatic carbocycles. The molecule has 0 saturated heterocycles. The lowest BCUT2D eigenvalue weighted by Crippen LogP contribution is -2.15. The molecular formula is C15H20O2. The number of hydrogen-bond acceptors (Lipinski definition) is 2. The third kappa shape index (κ3) is 3.51. The zero-order valence-corrected chi connectivity index (χ0v) is 11.0. The highest BCUT2D eigenvalue weighted by Crippen LogP contribution is 2.33. The first kappa shape index (κ1) is 13.6. The van der Waals surface area contributed by atoms with Crippen LogP contribution >= 0.6 is 0 Å². The fourth-order valence-electron chi connectivity index (χ4n) is 1.62. The van der Waals surface area contributed by atoms with E-state index in [1.54, 1.807) is 7.11 Å². The quantitative estimate of drug-likeness (QED) is 0.587. The summed E-state index contributed by atoms with van der Waals surface area (Å²) in [4.78, 5) is 0. The van der Waals surface area contributed by atoms with Crippen molar-refractivity contribution < 1.29 is 9.47 Å². The van der Waals surface area contributed by atoms with Gasteiger partial charge in [0.15, 0.2) is 0 Å². The Hall–Kier alpha value is -1.46. The van der Waals surface area contributed by atoms with Crippen LogP contribution in [-0.2, 0) is 10.2 Å². The average Bonchev–Trinajstić information content (AvgIpc) is 2.28. The highest BCUT2D eigenvalue weighted by molar-refractivity contribution is 5.52. The fraction of sp³-hybridized carbons (Fsp3) is 0.467. The average molecular weight is 232 g/mol. The van der Waals surface area contributed by atoms with Crippen molar-refractivity contribution in [3.63, 3.8) is 0 Å². The summed E-state index contributed by atoms with van der Waals surface area (Å²) >= 11 is 0. The summed E-state index contributed by atoms with van der Waals surface area (Å²) in [5.41, 5.74) is 1.94. The van der Waals surface area contributed by atoms with Crippen LogP contribution in [0.3, 0.4) is 0 Å². The summed E-state index contributed by atoms with van der Waals surface area (Å²) in [5.74, 6) is 3.47. The maximum atomic E-state index is 5.76. The van der Waals surface area contributed by atoms with Gasteiger partial charge in [-0.05, 0) is 11.5 Å². The third-order valence-corrected chi connectivity index (χ3v) is 2.51. The number of benzene rings is 1. The van der Waals surface area contributed by atoms with Crippen LogP contribution in [0.5, 0.6) is 5.75 Å². The Morgan fingerprint density at radius 2 is 1.94 bits per heavy atom. The van der Waals surface area contributed by atoms with Crippen LogP contribution in [-0.4, -0.2) is 20.3 Å². The van der Waals surface area contributed by atoms with E-state index >= 15 is 0 Å². The first-order valence-corrected chi connectivity index (χ1v) is 5.72. The molecular weight excluding hydrogens is 212 g/mol. The monoisotopic (exact) mass is 232 g/mol. The standard InChI is InChI=1S/C15H20O2/c1-6-12-8-7-9-13(15(2,3)4)14(12)17-11-10-16-5/h1,7-9H,10-11H2,2-5H3. The Kier molecular flexibility index (Phi) is 4.60. The molecule has 0 amide bonds. The van der Waals surface area contributed by atoms with Crippen molar-refractivity contribution in [1.82, 2.24) is 0 Å². The summed E-state index contributed by atoms with van der Waals surface area (Å²) in [6.45, 7) is 7.50. The second kappa shape index (κ2) is 5.75. The van der Waals surface area contributed by atoms with Gasteiger partial charge in [0.1, 0.15) is 12.4 Å². The van der Waals surface area contributed by atoms with Crippen molar-refractivity contribution in [1.29, 1.82) is 0 Å². The van der Waals surface area contributed by atoms with Crippen molar-refractivity contribution in [3.8, 4) is 18.1 Å². The Morgan fingerprint density at radius 3 is 2.47 bits per heavy atom. The molecule has 0 saturated carbocycles. The normalized spacial score (nSPS) is 11.0.